The lowest BCUT2D eigenvalue weighted by Gasteiger charge is -2.40. The van der Waals surface area contributed by atoms with Gasteiger partial charge >= 0.3 is 18.0 Å². The summed E-state index contributed by atoms with van der Waals surface area (Å²) in [5, 5.41) is 0. The average molecular weight is 456 g/mol. The molecule has 0 radical (unpaired) electrons. The number of benzene rings is 1. The van der Waals surface area contributed by atoms with Crippen LogP contribution in [0.4, 0.5) is 26.3 Å². The van der Waals surface area contributed by atoms with E-state index in [1.807, 2.05) is 0 Å². The highest BCUT2D eigenvalue weighted by atomic mass is 19.4. The van der Waals surface area contributed by atoms with E-state index in [4.69, 9.17) is 4.74 Å². The Bertz CT molecular complexity index is 925. The number of amidine groups is 2. The molecule has 1 atom stereocenters. The molecule has 1 aromatic heterocycles. The second-order valence-electron chi connectivity index (χ2n) is 7.39. The molecule has 0 spiro atoms. The molecule has 1 unspecified atom stereocenters. The predicted octanol–water partition coefficient (Wildman–Crippen LogP) is 4.59. The van der Waals surface area contributed by atoms with Crippen molar-refractivity contribution in [2.24, 2.45) is 9.98 Å². The highest BCUT2D eigenvalue weighted by Gasteiger charge is 2.74. The van der Waals surface area contributed by atoms with Gasteiger partial charge in [0.15, 0.2) is 0 Å². The number of aromatic nitrogens is 1. The van der Waals surface area contributed by atoms with Gasteiger partial charge in [-0.15, -0.1) is 0 Å². The Morgan fingerprint density at radius 2 is 1.53 bits per heavy atom. The molecule has 0 saturated carbocycles. The number of aliphatic imine (C=N–C) groups is 2. The van der Waals surface area contributed by atoms with Crippen molar-refractivity contribution >= 4 is 11.7 Å². The van der Waals surface area contributed by atoms with Crippen LogP contribution >= 0.6 is 0 Å². The Kier molecular flexibility index (Phi) is 5.70. The summed E-state index contributed by atoms with van der Waals surface area (Å²) in [5.41, 5.74) is -4.55. The lowest BCUT2D eigenvalue weighted by Crippen LogP contribution is -2.60. The lowest BCUT2D eigenvalue weighted by molar-refractivity contribution is -0.293. The highest BCUT2D eigenvalue weighted by molar-refractivity contribution is 6.16. The van der Waals surface area contributed by atoms with Gasteiger partial charge in [0.2, 0.25) is 0 Å². The van der Waals surface area contributed by atoms with E-state index in [0.717, 1.165) is 6.42 Å². The molecule has 2 aliphatic heterocycles. The quantitative estimate of drug-likeness (QED) is 0.633. The lowest BCUT2D eigenvalue weighted by atomic mass is 10.0. The van der Waals surface area contributed by atoms with E-state index in [9.17, 15) is 26.3 Å². The van der Waals surface area contributed by atoms with Crippen molar-refractivity contribution < 1.29 is 31.1 Å². The van der Waals surface area contributed by atoms with Crippen LogP contribution in [-0.2, 0) is 4.74 Å². The van der Waals surface area contributed by atoms with Crippen molar-refractivity contribution in [3.05, 3.63) is 66.0 Å². The van der Waals surface area contributed by atoms with E-state index < -0.39 is 35.8 Å². The molecule has 0 aliphatic carbocycles. The number of hydrogen-bond donors (Lipinski definition) is 0. The Hall–Kier alpha value is -2.95. The molecule has 1 saturated heterocycles. The standard InChI is InChI=1S/C21H18F6N4O/c22-20(23,24)19(21(25,26)27)29-17(14-6-2-1-3-7-14)31(13-16-9-5-11-32-16)18(30-19)15-8-4-10-28-12-15/h1-4,6-8,10,12,16H,5,9,11,13H2. The van der Waals surface area contributed by atoms with Crippen LogP contribution in [0.5, 0.6) is 0 Å². The molecule has 0 bridgehead atoms. The number of ether oxygens (including phenoxy) is 1. The molecule has 32 heavy (non-hydrogen) atoms. The minimum atomic E-state index is -5.82. The molecule has 11 heteroatoms. The first kappa shape index (κ1) is 22.3. The van der Waals surface area contributed by atoms with Gasteiger partial charge in [-0.1, -0.05) is 30.3 Å². The molecule has 0 amide bonds. The zero-order chi connectivity index (χ0) is 23.0. The molecular formula is C21H18F6N4O. The SMILES string of the molecule is FC(F)(F)C1(C(F)(F)F)N=C(c2ccccc2)N(CC2CCCO2)C(c2cccnc2)=N1. The zero-order valence-corrected chi connectivity index (χ0v) is 16.6. The summed E-state index contributed by atoms with van der Waals surface area (Å²) >= 11 is 0. The third-order valence-corrected chi connectivity index (χ3v) is 5.20. The summed E-state index contributed by atoms with van der Waals surface area (Å²) in [7, 11) is 0. The molecule has 1 fully saturated rings. The van der Waals surface area contributed by atoms with Gasteiger partial charge in [0.1, 0.15) is 11.7 Å². The molecule has 4 rings (SSSR count). The number of rotatable bonds is 4. The summed E-state index contributed by atoms with van der Waals surface area (Å²) in [6.45, 7) is 0.456. The normalized spacial score (nSPS) is 21.3. The second kappa shape index (κ2) is 8.19. The minimum absolute atomic E-state index is 0.00621. The van der Waals surface area contributed by atoms with Crippen molar-refractivity contribution in [2.45, 2.75) is 37.0 Å². The van der Waals surface area contributed by atoms with E-state index in [1.165, 1.54) is 53.7 Å². The van der Waals surface area contributed by atoms with Crippen LogP contribution in [-0.4, -0.2) is 58.8 Å². The van der Waals surface area contributed by atoms with Crippen molar-refractivity contribution in [1.29, 1.82) is 0 Å². The topological polar surface area (TPSA) is 50.1 Å². The fraction of sp³-hybridized carbons (Fsp3) is 0.381. The smallest absolute Gasteiger partial charge is 0.376 e. The number of alkyl halides is 6. The number of halogens is 6. The molecule has 2 aromatic rings. The molecule has 5 nitrogen and oxygen atoms in total. The maximum atomic E-state index is 14.0. The largest absolute Gasteiger partial charge is 0.443 e. The summed E-state index contributed by atoms with van der Waals surface area (Å²) < 4.78 is 89.7. The van der Waals surface area contributed by atoms with Crippen LogP contribution in [0.15, 0.2) is 64.8 Å². The van der Waals surface area contributed by atoms with Crippen molar-refractivity contribution in [1.82, 2.24) is 9.88 Å². The van der Waals surface area contributed by atoms with Gasteiger partial charge in [0.05, 0.1) is 12.6 Å². The second-order valence-corrected chi connectivity index (χ2v) is 7.39. The fourth-order valence-corrected chi connectivity index (χ4v) is 3.65. The van der Waals surface area contributed by atoms with Gasteiger partial charge in [-0.2, -0.15) is 26.3 Å². The van der Waals surface area contributed by atoms with E-state index >= 15 is 0 Å². The van der Waals surface area contributed by atoms with E-state index in [2.05, 4.69) is 15.0 Å². The molecule has 1 aromatic carbocycles. The fourth-order valence-electron chi connectivity index (χ4n) is 3.65. The number of nitrogens with zero attached hydrogens (tertiary/aromatic N) is 4. The van der Waals surface area contributed by atoms with Crippen LogP contribution in [0.25, 0.3) is 0 Å². The van der Waals surface area contributed by atoms with E-state index in [1.54, 1.807) is 6.07 Å². The first-order valence-corrected chi connectivity index (χ1v) is 9.80. The van der Waals surface area contributed by atoms with Crippen molar-refractivity contribution in [3.8, 4) is 0 Å². The predicted molar refractivity (Wildman–Crippen MR) is 104 cm³/mol. The molecule has 0 N–H and O–H groups in total. The molecule has 2 aliphatic rings. The molecule has 170 valence electrons. The number of hydrogen-bond acceptors (Lipinski definition) is 5. The molecule has 3 heterocycles. The maximum Gasteiger partial charge on any atom is 0.443 e. The van der Waals surface area contributed by atoms with Gasteiger partial charge in [0, 0.05) is 30.1 Å². The molecular weight excluding hydrogens is 438 g/mol. The third kappa shape index (κ3) is 3.96. The van der Waals surface area contributed by atoms with Crippen LogP contribution in [0.2, 0.25) is 0 Å². The van der Waals surface area contributed by atoms with Crippen molar-refractivity contribution in [3.63, 3.8) is 0 Å². The average Bonchev–Trinajstić information content (AvgIpc) is 3.26. The monoisotopic (exact) mass is 456 g/mol. The Morgan fingerprint density at radius 3 is 2.06 bits per heavy atom. The van der Waals surface area contributed by atoms with Crippen LogP contribution < -0.4 is 0 Å². The Morgan fingerprint density at radius 1 is 0.906 bits per heavy atom. The minimum Gasteiger partial charge on any atom is -0.376 e. The maximum absolute atomic E-state index is 14.0. The summed E-state index contributed by atoms with van der Waals surface area (Å²) in [4.78, 5) is 11.6. The summed E-state index contributed by atoms with van der Waals surface area (Å²) in [6, 6.07) is 10.2. The van der Waals surface area contributed by atoms with E-state index in [-0.39, 0.29) is 17.7 Å². The Balaban J connectivity index is 1.97. The summed E-state index contributed by atoms with van der Waals surface area (Å²) in [5.74, 6) is -0.998. The van der Waals surface area contributed by atoms with Crippen LogP contribution in [0, 0.1) is 0 Å². The van der Waals surface area contributed by atoms with Gasteiger partial charge in [0.25, 0.3) is 0 Å². The highest BCUT2D eigenvalue weighted by Crippen LogP contribution is 2.49. The third-order valence-electron chi connectivity index (χ3n) is 5.20. The van der Waals surface area contributed by atoms with Crippen molar-refractivity contribution in [2.75, 3.05) is 13.2 Å². The first-order chi connectivity index (χ1) is 15.1. The van der Waals surface area contributed by atoms with Gasteiger partial charge < -0.3 is 9.64 Å². The number of pyridine rings is 1. The van der Waals surface area contributed by atoms with Gasteiger partial charge in [-0.3, -0.25) is 4.98 Å². The zero-order valence-electron chi connectivity index (χ0n) is 16.6. The Labute approximate surface area is 179 Å². The van der Waals surface area contributed by atoms with Crippen LogP contribution in [0.3, 0.4) is 0 Å². The summed E-state index contributed by atoms with van der Waals surface area (Å²) in [6.07, 6.45) is -8.15. The van der Waals surface area contributed by atoms with Gasteiger partial charge in [-0.25, -0.2) is 9.98 Å². The van der Waals surface area contributed by atoms with E-state index in [0.29, 0.717) is 13.0 Å². The van der Waals surface area contributed by atoms with Crippen LogP contribution in [0.1, 0.15) is 24.0 Å². The van der Waals surface area contributed by atoms with Gasteiger partial charge in [-0.05, 0) is 25.0 Å². The first-order valence-electron chi connectivity index (χ1n) is 9.80.